The van der Waals surface area contributed by atoms with Crippen molar-refractivity contribution in [2.24, 2.45) is 5.92 Å². The second-order valence-corrected chi connectivity index (χ2v) is 6.29. The Balaban J connectivity index is 2.03. The molecule has 1 aliphatic heterocycles. The lowest BCUT2D eigenvalue weighted by Gasteiger charge is -2.27. The Labute approximate surface area is 123 Å². The fourth-order valence-electron chi connectivity index (χ4n) is 3.21. The molecule has 3 atom stereocenters. The van der Waals surface area contributed by atoms with E-state index in [4.69, 9.17) is 4.74 Å². The van der Waals surface area contributed by atoms with Gasteiger partial charge in [-0.2, -0.15) is 0 Å². The number of hydrogen-bond donors (Lipinski definition) is 1. The van der Waals surface area contributed by atoms with Gasteiger partial charge >= 0.3 is 0 Å². The van der Waals surface area contributed by atoms with Crippen LogP contribution in [-0.4, -0.2) is 25.3 Å². The van der Waals surface area contributed by atoms with Gasteiger partial charge in [0.2, 0.25) is 0 Å². The average molecular weight is 275 g/mol. The Morgan fingerprint density at radius 2 is 1.95 bits per heavy atom. The van der Waals surface area contributed by atoms with Gasteiger partial charge < -0.3 is 10.1 Å². The third-order valence-corrected chi connectivity index (χ3v) is 4.52. The average Bonchev–Trinajstić information content (AvgIpc) is 2.85. The van der Waals surface area contributed by atoms with E-state index in [9.17, 15) is 0 Å². The van der Waals surface area contributed by atoms with Crippen molar-refractivity contribution in [1.29, 1.82) is 0 Å². The molecule has 0 saturated carbocycles. The first-order valence-electron chi connectivity index (χ1n) is 8.05. The van der Waals surface area contributed by atoms with Gasteiger partial charge in [-0.05, 0) is 43.4 Å². The van der Waals surface area contributed by atoms with Crippen molar-refractivity contribution in [1.82, 2.24) is 5.32 Å². The van der Waals surface area contributed by atoms with Crippen LogP contribution in [-0.2, 0) is 11.2 Å². The van der Waals surface area contributed by atoms with Gasteiger partial charge in [0.25, 0.3) is 0 Å². The highest BCUT2D eigenvalue weighted by atomic mass is 16.5. The van der Waals surface area contributed by atoms with Gasteiger partial charge in [-0.3, -0.25) is 0 Å². The number of benzene rings is 1. The number of rotatable bonds is 6. The monoisotopic (exact) mass is 275 g/mol. The molecule has 1 heterocycles. The van der Waals surface area contributed by atoms with Gasteiger partial charge in [-0.15, -0.1) is 0 Å². The maximum atomic E-state index is 5.74. The van der Waals surface area contributed by atoms with E-state index < -0.39 is 0 Å². The van der Waals surface area contributed by atoms with E-state index in [-0.39, 0.29) is 0 Å². The second kappa shape index (κ2) is 7.24. The van der Waals surface area contributed by atoms with Crippen molar-refractivity contribution in [3.8, 4) is 0 Å². The van der Waals surface area contributed by atoms with E-state index in [1.54, 1.807) is 0 Å². The molecular formula is C18H29NO. The molecule has 0 bridgehead atoms. The van der Waals surface area contributed by atoms with Crippen LogP contribution in [0.15, 0.2) is 24.3 Å². The fraction of sp³-hybridized carbons (Fsp3) is 0.667. The maximum absolute atomic E-state index is 5.74. The lowest BCUT2D eigenvalue weighted by atomic mass is 9.88. The minimum Gasteiger partial charge on any atom is -0.378 e. The Morgan fingerprint density at radius 3 is 2.45 bits per heavy atom. The van der Waals surface area contributed by atoms with E-state index in [2.05, 4.69) is 57.3 Å². The number of hydrogen-bond acceptors (Lipinski definition) is 2. The van der Waals surface area contributed by atoms with Gasteiger partial charge in [-0.25, -0.2) is 0 Å². The summed E-state index contributed by atoms with van der Waals surface area (Å²) in [6, 6.07) is 9.66. The van der Waals surface area contributed by atoms with Crippen molar-refractivity contribution in [2.45, 2.75) is 58.6 Å². The molecule has 1 N–H and O–H groups in total. The smallest absolute Gasteiger partial charge is 0.0590 e. The Bertz CT molecular complexity index is 398. The summed E-state index contributed by atoms with van der Waals surface area (Å²) in [5.74, 6) is 1.25. The normalized spacial score (nSPS) is 24.2. The van der Waals surface area contributed by atoms with Crippen molar-refractivity contribution in [3.63, 3.8) is 0 Å². The van der Waals surface area contributed by atoms with Crippen LogP contribution in [0.1, 0.15) is 51.2 Å². The largest absolute Gasteiger partial charge is 0.378 e. The van der Waals surface area contributed by atoms with Crippen molar-refractivity contribution < 1.29 is 4.74 Å². The SMILES string of the molecule is CCNC(Cc1ccc(C(C)C)cc1)C1CCOC1C. The third-order valence-electron chi connectivity index (χ3n) is 4.52. The highest BCUT2D eigenvalue weighted by Gasteiger charge is 2.31. The Hall–Kier alpha value is -0.860. The van der Waals surface area contributed by atoms with Crippen molar-refractivity contribution in [3.05, 3.63) is 35.4 Å². The molecule has 2 heteroatoms. The Morgan fingerprint density at radius 1 is 1.25 bits per heavy atom. The zero-order valence-corrected chi connectivity index (χ0v) is 13.4. The zero-order chi connectivity index (χ0) is 14.5. The molecule has 3 unspecified atom stereocenters. The van der Waals surface area contributed by atoms with Crippen molar-refractivity contribution >= 4 is 0 Å². The summed E-state index contributed by atoms with van der Waals surface area (Å²) in [5, 5.41) is 3.66. The molecule has 0 amide bonds. The predicted octanol–water partition coefficient (Wildman–Crippen LogP) is 3.76. The fourth-order valence-corrected chi connectivity index (χ4v) is 3.21. The molecule has 0 spiro atoms. The molecule has 112 valence electrons. The first-order chi connectivity index (χ1) is 9.61. The Kier molecular flexibility index (Phi) is 5.62. The van der Waals surface area contributed by atoms with E-state index in [1.807, 2.05) is 0 Å². The quantitative estimate of drug-likeness (QED) is 0.853. The van der Waals surface area contributed by atoms with Crippen LogP contribution in [0.4, 0.5) is 0 Å². The highest BCUT2D eigenvalue weighted by Crippen LogP contribution is 2.26. The van der Waals surface area contributed by atoms with Crippen LogP contribution in [0, 0.1) is 5.92 Å². The summed E-state index contributed by atoms with van der Waals surface area (Å²) < 4.78 is 5.74. The minimum atomic E-state index is 0.383. The topological polar surface area (TPSA) is 21.3 Å². The number of ether oxygens (including phenoxy) is 1. The molecule has 2 nitrogen and oxygen atoms in total. The molecule has 0 aromatic heterocycles. The first kappa shape index (κ1) is 15.5. The first-order valence-corrected chi connectivity index (χ1v) is 8.05. The predicted molar refractivity (Wildman–Crippen MR) is 85.2 cm³/mol. The third kappa shape index (κ3) is 3.83. The molecule has 1 aromatic rings. The van der Waals surface area contributed by atoms with E-state index in [0.717, 1.165) is 19.6 Å². The molecule has 1 aromatic carbocycles. The number of likely N-dealkylation sites (N-methyl/N-ethyl adjacent to an activating group) is 1. The summed E-state index contributed by atoms with van der Waals surface area (Å²) in [5.41, 5.74) is 2.85. The van der Waals surface area contributed by atoms with Crippen LogP contribution in [0.25, 0.3) is 0 Å². The summed E-state index contributed by atoms with van der Waals surface area (Å²) >= 11 is 0. The lowest BCUT2D eigenvalue weighted by Crippen LogP contribution is -2.40. The highest BCUT2D eigenvalue weighted by molar-refractivity contribution is 5.25. The van der Waals surface area contributed by atoms with Crippen LogP contribution >= 0.6 is 0 Å². The summed E-state index contributed by atoms with van der Waals surface area (Å²) in [4.78, 5) is 0. The van der Waals surface area contributed by atoms with Crippen molar-refractivity contribution in [2.75, 3.05) is 13.2 Å². The summed E-state index contributed by atoms with van der Waals surface area (Å²) in [6.07, 6.45) is 2.67. The van der Waals surface area contributed by atoms with Crippen LogP contribution in [0.3, 0.4) is 0 Å². The summed E-state index contributed by atoms with van der Waals surface area (Å²) in [6.45, 7) is 10.8. The second-order valence-electron chi connectivity index (χ2n) is 6.29. The van der Waals surface area contributed by atoms with Gasteiger partial charge in [0.1, 0.15) is 0 Å². The molecule has 0 aliphatic carbocycles. The van der Waals surface area contributed by atoms with Gasteiger partial charge in [0.05, 0.1) is 6.10 Å². The van der Waals surface area contributed by atoms with E-state index >= 15 is 0 Å². The molecular weight excluding hydrogens is 246 g/mol. The standard InChI is InChI=1S/C18H29NO/c1-5-19-18(17-10-11-20-14(17)4)12-15-6-8-16(9-7-15)13(2)3/h6-9,13-14,17-19H,5,10-12H2,1-4H3. The van der Waals surface area contributed by atoms with Gasteiger partial charge in [-0.1, -0.05) is 45.0 Å². The maximum Gasteiger partial charge on any atom is 0.0590 e. The van der Waals surface area contributed by atoms with Crippen LogP contribution < -0.4 is 5.32 Å². The van der Waals surface area contributed by atoms with Gasteiger partial charge in [0.15, 0.2) is 0 Å². The number of nitrogens with one attached hydrogen (secondary N) is 1. The molecule has 0 radical (unpaired) electrons. The molecule has 1 saturated heterocycles. The molecule has 20 heavy (non-hydrogen) atoms. The molecule has 1 aliphatic rings. The minimum absolute atomic E-state index is 0.383. The van der Waals surface area contributed by atoms with Crippen LogP contribution in [0.2, 0.25) is 0 Å². The van der Waals surface area contributed by atoms with E-state index in [0.29, 0.717) is 24.0 Å². The van der Waals surface area contributed by atoms with Gasteiger partial charge in [0, 0.05) is 18.6 Å². The van der Waals surface area contributed by atoms with E-state index in [1.165, 1.54) is 17.5 Å². The molecule has 1 fully saturated rings. The molecule has 2 rings (SSSR count). The lowest BCUT2D eigenvalue weighted by molar-refractivity contribution is 0.0956. The van der Waals surface area contributed by atoms with Crippen LogP contribution in [0.5, 0.6) is 0 Å². The zero-order valence-electron chi connectivity index (χ0n) is 13.4. The summed E-state index contributed by atoms with van der Waals surface area (Å²) in [7, 11) is 0.